The van der Waals surface area contributed by atoms with Crippen LogP contribution in [-0.2, 0) is 4.79 Å². The highest BCUT2D eigenvalue weighted by Gasteiger charge is 2.41. The fourth-order valence-corrected chi connectivity index (χ4v) is 2.94. The lowest BCUT2D eigenvalue weighted by Crippen LogP contribution is -2.24. The van der Waals surface area contributed by atoms with Crippen LogP contribution in [0.25, 0.3) is 0 Å². The summed E-state index contributed by atoms with van der Waals surface area (Å²) < 4.78 is 26.8. The zero-order chi connectivity index (χ0) is 14.2. The number of halogens is 2. The summed E-state index contributed by atoms with van der Waals surface area (Å²) in [5.41, 5.74) is -0.162. The summed E-state index contributed by atoms with van der Waals surface area (Å²) in [5.74, 6) is -3.50. The predicted molar refractivity (Wildman–Crippen MR) is 64.3 cm³/mol. The van der Waals surface area contributed by atoms with Crippen LogP contribution in [0.15, 0.2) is 18.2 Å². The molecule has 1 aromatic rings. The molecular formula is C14H16F2O3. The standard InChI is InChI=1S/C14H16F2O3/c1-7-4-9(10(5-7)14(18)19)13(17)11-6-8(15)2-3-12(11)16/h2-3,6-7,9-10,13,17H,4-5H2,1H3,(H,18,19). The van der Waals surface area contributed by atoms with Gasteiger partial charge in [-0.15, -0.1) is 0 Å². The summed E-state index contributed by atoms with van der Waals surface area (Å²) >= 11 is 0. The molecule has 0 saturated heterocycles. The van der Waals surface area contributed by atoms with Crippen molar-refractivity contribution in [3.05, 3.63) is 35.4 Å². The monoisotopic (exact) mass is 270 g/mol. The normalized spacial score (nSPS) is 28.3. The van der Waals surface area contributed by atoms with Crippen LogP contribution in [0.5, 0.6) is 0 Å². The van der Waals surface area contributed by atoms with Crippen LogP contribution in [0.1, 0.15) is 31.4 Å². The summed E-state index contributed by atoms with van der Waals surface area (Å²) in [6.45, 7) is 1.89. The van der Waals surface area contributed by atoms with E-state index in [1.54, 1.807) is 0 Å². The molecule has 1 aliphatic carbocycles. The fourth-order valence-electron chi connectivity index (χ4n) is 2.94. The minimum Gasteiger partial charge on any atom is -0.481 e. The SMILES string of the molecule is CC1CC(C(=O)O)C(C(O)c2cc(F)ccc2F)C1. The molecule has 104 valence electrons. The molecule has 0 aliphatic heterocycles. The highest BCUT2D eigenvalue weighted by atomic mass is 19.1. The van der Waals surface area contributed by atoms with Crippen molar-refractivity contribution in [3.8, 4) is 0 Å². The van der Waals surface area contributed by atoms with Gasteiger partial charge in [0.25, 0.3) is 0 Å². The van der Waals surface area contributed by atoms with Gasteiger partial charge in [0.1, 0.15) is 11.6 Å². The van der Waals surface area contributed by atoms with E-state index in [1.807, 2.05) is 6.92 Å². The van der Waals surface area contributed by atoms with Gasteiger partial charge in [-0.1, -0.05) is 6.92 Å². The Labute approximate surface area is 109 Å². The van der Waals surface area contributed by atoms with Crippen molar-refractivity contribution in [2.24, 2.45) is 17.8 Å². The topological polar surface area (TPSA) is 57.5 Å². The lowest BCUT2D eigenvalue weighted by molar-refractivity contribution is -0.144. The zero-order valence-corrected chi connectivity index (χ0v) is 10.5. The third kappa shape index (κ3) is 2.76. The molecule has 4 atom stereocenters. The van der Waals surface area contributed by atoms with Crippen molar-refractivity contribution in [1.29, 1.82) is 0 Å². The molecule has 3 nitrogen and oxygen atoms in total. The van der Waals surface area contributed by atoms with Gasteiger partial charge < -0.3 is 10.2 Å². The number of carboxylic acid groups (broad SMARTS) is 1. The lowest BCUT2D eigenvalue weighted by Gasteiger charge is -2.23. The van der Waals surface area contributed by atoms with Gasteiger partial charge in [-0.05, 0) is 37.0 Å². The Kier molecular flexibility index (Phi) is 3.85. The fraction of sp³-hybridized carbons (Fsp3) is 0.500. The summed E-state index contributed by atoms with van der Waals surface area (Å²) in [6.07, 6.45) is -0.344. The van der Waals surface area contributed by atoms with Crippen LogP contribution in [0.3, 0.4) is 0 Å². The van der Waals surface area contributed by atoms with Crippen molar-refractivity contribution in [2.75, 3.05) is 0 Å². The van der Waals surface area contributed by atoms with E-state index in [0.29, 0.717) is 12.8 Å². The van der Waals surface area contributed by atoms with E-state index in [9.17, 15) is 18.7 Å². The van der Waals surface area contributed by atoms with Crippen molar-refractivity contribution in [1.82, 2.24) is 0 Å². The van der Waals surface area contributed by atoms with Gasteiger partial charge in [0.15, 0.2) is 0 Å². The molecule has 0 aromatic heterocycles. The summed E-state index contributed by atoms with van der Waals surface area (Å²) in [5, 5.41) is 19.3. The van der Waals surface area contributed by atoms with Gasteiger partial charge in [0, 0.05) is 11.5 Å². The molecule has 1 saturated carbocycles. The first kappa shape index (κ1) is 13.9. The number of hydrogen-bond acceptors (Lipinski definition) is 2. The minimum atomic E-state index is -1.29. The second kappa shape index (κ2) is 5.25. The second-order valence-corrected chi connectivity index (χ2v) is 5.30. The molecule has 0 bridgehead atoms. The van der Waals surface area contributed by atoms with E-state index in [1.165, 1.54) is 0 Å². The molecule has 0 amide bonds. The highest BCUT2D eigenvalue weighted by Crippen LogP contribution is 2.43. The van der Waals surface area contributed by atoms with E-state index in [0.717, 1.165) is 18.2 Å². The molecule has 1 aromatic carbocycles. The zero-order valence-electron chi connectivity index (χ0n) is 10.5. The average Bonchev–Trinajstić information content (AvgIpc) is 2.74. The van der Waals surface area contributed by atoms with Gasteiger partial charge in [0.05, 0.1) is 12.0 Å². The highest BCUT2D eigenvalue weighted by molar-refractivity contribution is 5.71. The minimum absolute atomic E-state index is 0.150. The van der Waals surface area contributed by atoms with Crippen LogP contribution in [0.4, 0.5) is 8.78 Å². The molecule has 1 fully saturated rings. The maximum Gasteiger partial charge on any atom is 0.306 e. The van der Waals surface area contributed by atoms with Gasteiger partial charge in [-0.25, -0.2) is 8.78 Å². The molecule has 5 heteroatoms. The van der Waals surface area contributed by atoms with Crippen molar-refractivity contribution in [3.63, 3.8) is 0 Å². The lowest BCUT2D eigenvalue weighted by atomic mass is 9.86. The van der Waals surface area contributed by atoms with E-state index >= 15 is 0 Å². The third-order valence-corrected chi connectivity index (χ3v) is 3.85. The molecule has 0 heterocycles. The number of hydrogen-bond donors (Lipinski definition) is 2. The Morgan fingerprint density at radius 3 is 2.68 bits per heavy atom. The van der Waals surface area contributed by atoms with Gasteiger partial charge >= 0.3 is 5.97 Å². The molecule has 2 rings (SSSR count). The number of aliphatic hydroxyl groups excluding tert-OH is 1. The number of carboxylic acids is 1. The van der Waals surface area contributed by atoms with Crippen molar-refractivity contribution < 1.29 is 23.8 Å². The van der Waals surface area contributed by atoms with Crippen LogP contribution < -0.4 is 0 Å². The van der Waals surface area contributed by atoms with Crippen LogP contribution >= 0.6 is 0 Å². The number of aliphatic carboxylic acids is 1. The van der Waals surface area contributed by atoms with E-state index in [-0.39, 0.29) is 11.5 Å². The van der Waals surface area contributed by atoms with Gasteiger partial charge in [-0.2, -0.15) is 0 Å². The van der Waals surface area contributed by atoms with E-state index in [2.05, 4.69) is 0 Å². The Morgan fingerprint density at radius 1 is 1.37 bits per heavy atom. The number of carbonyl (C=O) groups is 1. The quantitative estimate of drug-likeness (QED) is 0.888. The number of aliphatic hydroxyl groups is 1. The first-order valence-electron chi connectivity index (χ1n) is 6.26. The molecule has 2 N–H and O–H groups in total. The average molecular weight is 270 g/mol. The summed E-state index contributed by atoms with van der Waals surface area (Å²) in [4.78, 5) is 11.2. The Morgan fingerprint density at radius 2 is 2.05 bits per heavy atom. The first-order valence-corrected chi connectivity index (χ1v) is 6.26. The third-order valence-electron chi connectivity index (χ3n) is 3.85. The van der Waals surface area contributed by atoms with Crippen LogP contribution in [0.2, 0.25) is 0 Å². The van der Waals surface area contributed by atoms with E-state index < -0.39 is 35.5 Å². The summed E-state index contributed by atoms with van der Waals surface area (Å²) in [6, 6.07) is 2.85. The maximum atomic E-state index is 13.6. The predicted octanol–water partition coefficient (Wildman–Crippen LogP) is 2.75. The molecule has 19 heavy (non-hydrogen) atoms. The molecule has 1 aliphatic rings. The Bertz CT molecular complexity index is 490. The van der Waals surface area contributed by atoms with Crippen LogP contribution in [0, 0.1) is 29.4 Å². The van der Waals surface area contributed by atoms with Crippen molar-refractivity contribution >= 4 is 5.97 Å². The van der Waals surface area contributed by atoms with Gasteiger partial charge in [0.2, 0.25) is 0 Å². The molecule has 0 spiro atoms. The number of rotatable bonds is 3. The largest absolute Gasteiger partial charge is 0.481 e. The Hall–Kier alpha value is -1.49. The second-order valence-electron chi connectivity index (χ2n) is 5.30. The number of benzene rings is 1. The van der Waals surface area contributed by atoms with Gasteiger partial charge in [-0.3, -0.25) is 4.79 Å². The first-order chi connectivity index (χ1) is 8.90. The molecular weight excluding hydrogens is 254 g/mol. The molecule has 4 unspecified atom stereocenters. The maximum absolute atomic E-state index is 13.6. The smallest absolute Gasteiger partial charge is 0.306 e. The van der Waals surface area contributed by atoms with Crippen LogP contribution in [-0.4, -0.2) is 16.2 Å². The van der Waals surface area contributed by atoms with E-state index in [4.69, 9.17) is 5.11 Å². The summed E-state index contributed by atoms with van der Waals surface area (Å²) in [7, 11) is 0. The molecule has 0 radical (unpaired) electrons. The Balaban J connectivity index is 2.29. The van der Waals surface area contributed by atoms with Crippen molar-refractivity contribution in [2.45, 2.75) is 25.9 Å².